The van der Waals surface area contributed by atoms with E-state index in [2.05, 4.69) is 12.6 Å². The van der Waals surface area contributed by atoms with E-state index in [0.717, 1.165) is 0 Å². The number of nitrogens with zero attached hydrogens (tertiary/aromatic N) is 2. The second-order valence-corrected chi connectivity index (χ2v) is 7.93. The van der Waals surface area contributed by atoms with Gasteiger partial charge < -0.3 is 13.7 Å². The summed E-state index contributed by atoms with van der Waals surface area (Å²) in [5.74, 6) is 1.62. The number of rotatable bonds is 5. The van der Waals surface area contributed by atoms with Crippen LogP contribution in [0.3, 0.4) is 0 Å². The molecule has 3 aromatic rings. The molecular weight excluding hydrogens is 400 g/mol. The van der Waals surface area contributed by atoms with Crippen LogP contribution in [0.15, 0.2) is 68.5 Å². The van der Waals surface area contributed by atoms with Gasteiger partial charge in [-0.15, -0.1) is 12.6 Å². The maximum Gasteiger partial charge on any atom is 0.269 e. The maximum absolute atomic E-state index is 12.7. The first-order valence-corrected chi connectivity index (χ1v) is 9.65. The smallest absolute Gasteiger partial charge is 0.269 e. The monoisotopic (exact) mass is 414 g/mol. The summed E-state index contributed by atoms with van der Waals surface area (Å²) < 4.78 is 10.8. The summed E-state index contributed by atoms with van der Waals surface area (Å²) in [7, 11) is 0. The highest BCUT2D eigenvalue weighted by Crippen LogP contribution is 2.39. The van der Waals surface area contributed by atoms with Gasteiger partial charge in [0.2, 0.25) is 0 Å². The largest absolute Gasteiger partial charge is 0.467 e. The first kappa shape index (κ1) is 18.5. The minimum atomic E-state index is -0.451. The van der Waals surface area contributed by atoms with Crippen LogP contribution in [0.4, 0.5) is 5.69 Å². The van der Waals surface area contributed by atoms with Crippen molar-refractivity contribution in [3.63, 3.8) is 0 Å². The standard InChI is InChI=1S/C19H14N2O5S2/c22-18-17(28-19(27)20(18)11-15-2-1-9-25-15)10-14-7-8-16(26-14)12-3-5-13(6-4-12)21(23)24/h1-10,19,27H,11H2/b17-10-. The molecule has 0 N–H and O–H groups in total. The van der Waals surface area contributed by atoms with Crippen molar-refractivity contribution < 1.29 is 18.6 Å². The van der Waals surface area contributed by atoms with Crippen molar-refractivity contribution in [2.45, 2.75) is 11.3 Å². The number of carbonyl (C=O) groups excluding carboxylic acids is 1. The Labute approximate surface area is 169 Å². The third-order valence-corrected chi connectivity index (χ3v) is 5.75. The average Bonchev–Trinajstić information content (AvgIpc) is 3.41. The topological polar surface area (TPSA) is 89.7 Å². The van der Waals surface area contributed by atoms with Crippen molar-refractivity contribution in [2.24, 2.45) is 0 Å². The quantitative estimate of drug-likeness (QED) is 0.280. The molecule has 7 nitrogen and oxygen atoms in total. The average molecular weight is 414 g/mol. The number of thioether (sulfide) groups is 1. The van der Waals surface area contributed by atoms with Crippen molar-refractivity contribution in [3.05, 3.63) is 81.3 Å². The van der Waals surface area contributed by atoms with Gasteiger partial charge in [0.15, 0.2) is 0 Å². The number of hydrogen-bond acceptors (Lipinski definition) is 7. The Morgan fingerprint density at radius 2 is 2.00 bits per heavy atom. The molecule has 1 aliphatic rings. The van der Waals surface area contributed by atoms with Crippen molar-refractivity contribution in [1.82, 2.24) is 4.90 Å². The Morgan fingerprint density at radius 1 is 1.21 bits per heavy atom. The predicted molar refractivity (Wildman–Crippen MR) is 108 cm³/mol. The Hall–Kier alpha value is -2.91. The highest BCUT2D eigenvalue weighted by atomic mass is 32.2. The van der Waals surface area contributed by atoms with Crippen molar-refractivity contribution in [1.29, 1.82) is 0 Å². The molecule has 1 atom stereocenters. The lowest BCUT2D eigenvalue weighted by atomic mass is 10.1. The lowest BCUT2D eigenvalue weighted by Crippen LogP contribution is -2.28. The van der Waals surface area contributed by atoms with Crippen LogP contribution in [0.5, 0.6) is 0 Å². The van der Waals surface area contributed by atoms with E-state index in [1.165, 1.54) is 23.9 Å². The predicted octanol–water partition coefficient (Wildman–Crippen LogP) is 4.78. The molecule has 3 heterocycles. The molecule has 1 amide bonds. The molecule has 0 saturated carbocycles. The second-order valence-electron chi connectivity index (χ2n) is 5.97. The van der Waals surface area contributed by atoms with E-state index in [9.17, 15) is 14.9 Å². The normalized spacial score (nSPS) is 18.2. The summed E-state index contributed by atoms with van der Waals surface area (Å²) >= 11 is 5.81. The van der Waals surface area contributed by atoms with Gasteiger partial charge in [-0.25, -0.2) is 0 Å². The number of nitro groups is 1. The van der Waals surface area contributed by atoms with Gasteiger partial charge in [-0.2, -0.15) is 0 Å². The number of hydrogen-bond donors (Lipinski definition) is 1. The lowest BCUT2D eigenvalue weighted by molar-refractivity contribution is -0.384. The molecule has 9 heteroatoms. The van der Waals surface area contributed by atoms with Crippen LogP contribution >= 0.6 is 24.4 Å². The SMILES string of the molecule is O=C1/C(=C/c2ccc(-c3ccc([N+](=O)[O-])cc3)o2)SC(S)N1Cc1ccco1. The van der Waals surface area contributed by atoms with Gasteiger partial charge in [0.1, 0.15) is 22.0 Å². The molecule has 1 aliphatic heterocycles. The van der Waals surface area contributed by atoms with E-state index in [4.69, 9.17) is 8.83 Å². The van der Waals surface area contributed by atoms with Crippen LogP contribution < -0.4 is 0 Å². The van der Waals surface area contributed by atoms with Gasteiger partial charge >= 0.3 is 0 Å². The first-order chi connectivity index (χ1) is 13.5. The van der Waals surface area contributed by atoms with Crippen molar-refractivity contribution in [3.8, 4) is 11.3 Å². The summed E-state index contributed by atoms with van der Waals surface area (Å²) in [4.78, 5) is 25.1. The second kappa shape index (κ2) is 7.61. The zero-order valence-corrected chi connectivity index (χ0v) is 16.1. The molecular formula is C19H14N2O5S2. The van der Waals surface area contributed by atoms with Crippen LogP contribution in [0.2, 0.25) is 0 Å². The van der Waals surface area contributed by atoms with E-state index in [1.807, 2.05) is 6.07 Å². The molecule has 0 aliphatic carbocycles. The summed E-state index contributed by atoms with van der Waals surface area (Å²) in [5, 5.41) is 10.8. The minimum absolute atomic E-state index is 0.0158. The number of non-ortho nitro benzene ring substituents is 1. The summed E-state index contributed by atoms with van der Waals surface area (Å²) in [6.45, 7) is 0.344. The molecule has 28 heavy (non-hydrogen) atoms. The van der Waals surface area contributed by atoms with Crippen LogP contribution in [0, 0.1) is 10.1 Å². The Morgan fingerprint density at radius 3 is 2.68 bits per heavy atom. The zero-order chi connectivity index (χ0) is 19.7. The zero-order valence-electron chi connectivity index (χ0n) is 14.3. The summed E-state index contributed by atoms with van der Waals surface area (Å²) in [6, 6.07) is 13.2. The molecule has 2 aromatic heterocycles. The fourth-order valence-corrected chi connectivity index (χ4v) is 4.20. The first-order valence-electron chi connectivity index (χ1n) is 8.26. The lowest BCUT2D eigenvalue weighted by Gasteiger charge is -2.17. The molecule has 1 fully saturated rings. The Kier molecular flexibility index (Phi) is 5.01. The number of thiol groups is 1. The van der Waals surface area contributed by atoms with Gasteiger partial charge in [0.05, 0.1) is 22.6 Å². The number of amides is 1. The molecule has 1 aromatic carbocycles. The van der Waals surface area contributed by atoms with Crippen molar-refractivity contribution in [2.75, 3.05) is 0 Å². The third-order valence-electron chi connectivity index (χ3n) is 4.14. The highest BCUT2D eigenvalue weighted by molar-refractivity contribution is 8.14. The Balaban J connectivity index is 1.52. The van der Waals surface area contributed by atoms with E-state index in [0.29, 0.717) is 34.3 Å². The van der Waals surface area contributed by atoms with Crippen LogP contribution in [0.25, 0.3) is 17.4 Å². The third kappa shape index (κ3) is 3.71. The van der Waals surface area contributed by atoms with E-state index >= 15 is 0 Å². The number of benzene rings is 1. The summed E-state index contributed by atoms with van der Waals surface area (Å²) in [6.07, 6.45) is 3.24. The fraction of sp³-hybridized carbons (Fsp3) is 0.105. The number of carbonyl (C=O) groups is 1. The molecule has 142 valence electrons. The van der Waals surface area contributed by atoms with E-state index in [-0.39, 0.29) is 16.3 Å². The van der Waals surface area contributed by atoms with E-state index in [1.54, 1.807) is 47.6 Å². The van der Waals surface area contributed by atoms with Gasteiger partial charge in [-0.3, -0.25) is 14.9 Å². The molecule has 4 rings (SSSR count). The highest BCUT2D eigenvalue weighted by Gasteiger charge is 2.34. The number of nitro benzene ring substituents is 1. The van der Waals surface area contributed by atoms with Crippen LogP contribution in [-0.2, 0) is 11.3 Å². The molecule has 0 spiro atoms. The van der Waals surface area contributed by atoms with Crippen LogP contribution in [-0.4, -0.2) is 20.4 Å². The molecule has 1 unspecified atom stereocenters. The maximum atomic E-state index is 12.7. The van der Waals surface area contributed by atoms with Gasteiger partial charge in [0.25, 0.3) is 11.6 Å². The van der Waals surface area contributed by atoms with Crippen LogP contribution in [0.1, 0.15) is 11.5 Å². The minimum Gasteiger partial charge on any atom is -0.467 e. The van der Waals surface area contributed by atoms with E-state index < -0.39 is 4.92 Å². The van der Waals surface area contributed by atoms with Gasteiger partial charge in [0, 0.05) is 23.8 Å². The fourth-order valence-electron chi connectivity index (χ4n) is 2.75. The molecule has 0 radical (unpaired) electrons. The van der Waals surface area contributed by atoms with Crippen molar-refractivity contribution >= 4 is 42.1 Å². The Bertz CT molecular complexity index is 1040. The summed E-state index contributed by atoms with van der Waals surface area (Å²) in [5.41, 5.74) is 0.731. The molecule has 1 saturated heterocycles. The van der Waals surface area contributed by atoms with Gasteiger partial charge in [-0.1, -0.05) is 11.8 Å². The van der Waals surface area contributed by atoms with Gasteiger partial charge in [-0.05, 0) is 36.4 Å². The molecule has 0 bridgehead atoms. The number of furan rings is 2.